The minimum absolute atomic E-state index is 0.0568. The number of likely N-dealkylation sites (tertiary alicyclic amines) is 1. The van der Waals surface area contributed by atoms with Gasteiger partial charge in [-0.05, 0) is 63.2 Å². The van der Waals surface area contributed by atoms with Gasteiger partial charge in [0.05, 0.1) is 17.1 Å². The maximum Gasteiger partial charge on any atom is 0.323 e. The minimum atomic E-state index is -0.259. The first-order chi connectivity index (χ1) is 14.6. The van der Waals surface area contributed by atoms with Crippen molar-refractivity contribution in [1.29, 1.82) is 0 Å². The second kappa shape index (κ2) is 7.42. The summed E-state index contributed by atoms with van der Waals surface area (Å²) in [4.78, 5) is 31.8. The summed E-state index contributed by atoms with van der Waals surface area (Å²) in [6, 6.07) is 11.0. The third kappa shape index (κ3) is 3.37. The van der Waals surface area contributed by atoms with Crippen LogP contribution in [0.15, 0.2) is 47.4 Å². The molecule has 1 amide bonds. The number of hydrogen-bond donors (Lipinski definition) is 3. The van der Waals surface area contributed by atoms with Crippen LogP contribution < -0.4 is 11.0 Å². The fourth-order valence-electron chi connectivity index (χ4n) is 4.21. The SMILES string of the molecule is CC(C(=O)Nc1ccc2[nH]c(=O)[nH]c2c1)N1CCC(c2nnc3ccccn23)CC1. The summed E-state index contributed by atoms with van der Waals surface area (Å²) in [6.07, 6.45) is 3.87. The quantitative estimate of drug-likeness (QED) is 0.482. The molecule has 0 saturated carbocycles. The molecule has 4 heterocycles. The number of piperidine rings is 1. The zero-order valence-corrected chi connectivity index (χ0v) is 16.6. The average molecular weight is 405 g/mol. The number of benzene rings is 1. The maximum absolute atomic E-state index is 12.8. The Morgan fingerprint density at radius 3 is 2.77 bits per heavy atom. The number of carbonyl (C=O) groups excluding carboxylic acids is 1. The Balaban J connectivity index is 1.23. The van der Waals surface area contributed by atoms with E-state index in [-0.39, 0.29) is 17.6 Å². The second-order valence-electron chi connectivity index (χ2n) is 7.80. The molecule has 1 aliphatic heterocycles. The highest BCUT2D eigenvalue weighted by molar-refractivity contribution is 5.96. The molecule has 3 aromatic heterocycles. The predicted molar refractivity (Wildman–Crippen MR) is 114 cm³/mol. The molecule has 9 nitrogen and oxygen atoms in total. The van der Waals surface area contributed by atoms with Crippen molar-refractivity contribution in [1.82, 2.24) is 29.5 Å². The van der Waals surface area contributed by atoms with Crippen LogP contribution in [0.25, 0.3) is 16.7 Å². The molecule has 9 heteroatoms. The van der Waals surface area contributed by atoms with E-state index in [2.05, 4.69) is 34.8 Å². The molecule has 3 N–H and O–H groups in total. The number of rotatable bonds is 4. The van der Waals surface area contributed by atoms with Gasteiger partial charge in [0.15, 0.2) is 5.65 Å². The number of nitrogens with zero attached hydrogens (tertiary/aromatic N) is 4. The number of nitrogens with one attached hydrogen (secondary N) is 3. The van der Waals surface area contributed by atoms with Crippen molar-refractivity contribution in [3.05, 3.63) is 58.9 Å². The van der Waals surface area contributed by atoms with Crippen molar-refractivity contribution in [2.75, 3.05) is 18.4 Å². The molecular weight excluding hydrogens is 382 g/mol. The van der Waals surface area contributed by atoms with E-state index in [9.17, 15) is 9.59 Å². The summed E-state index contributed by atoms with van der Waals surface area (Å²) in [5.41, 5.74) is 2.66. The molecule has 1 aromatic carbocycles. The Hall–Kier alpha value is -3.46. The van der Waals surface area contributed by atoms with Crippen LogP contribution >= 0.6 is 0 Å². The first-order valence-electron chi connectivity index (χ1n) is 10.1. The average Bonchev–Trinajstić information content (AvgIpc) is 3.35. The van der Waals surface area contributed by atoms with Crippen molar-refractivity contribution in [2.45, 2.75) is 31.7 Å². The molecule has 5 rings (SSSR count). The van der Waals surface area contributed by atoms with Crippen LogP contribution in [0, 0.1) is 0 Å². The lowest BCUT2D eigenvalue weighted by atomic mass is 9.95. The number of pyridine rings is 1. The molecule has 0 aliphatic carbocycles. The number of fused-ring (bicyclic) bond motifs is 2. The third-order valence-electron chi connectivity index (χ3n) is 5.95. The molecule has 1 saturated heterocycles. The molecule has 1 atom stereocenters. The lowest BCUT2D eigenvalue weighted by Gasteiger charge is -2.34. The topological polar surface area (TPSA) is 111 Å². The predicted octanol–water partition coefficient (Wildman–Crippen LogP) is 2.11. The summed E-state index contributed by atoms with van der Waals surface area (Å²) in [7, 11) is 0. The first-order valence-corrected chi connectivity index (χ1v) is 10.1. The van der Waals surface area contributed by atoms with E-state index in [0.717, 1.165) is 37.4 Å². The van der Waals surface area contributed by atoms with Crippen LogP contribution in [0.2, 0.25) is 0 Å². The van der Waals surface area contributed by atoms with Gasteiger partial charge in [0.25, 0.3) is 0 Å². The van der Waals surface area contributed by atoms with Crippen LogP contribution in [-0.2, 0) is 4.79 Å². The summed E-state index contributed by atoms with van der Waals surface area (Å²) in [5, 5.41) is 11.6. The lowest BCUT2D eigenvalue weighted by molar-refractivity contribution is -0.121. The van der Waals surface area contributed by atoms with Crippen LogP contribution in [0.5, 0.6) is 0 Å². The van der Waals surface area contributed by atoms with Gasteiger partial charge in [0, 0.05) is 17.8 Å². The smallest absolute Gasteiger partial charge is 0.323 e. The number of aromatic amines is 2. The zero-order chi connectivity index (χ0) is 20.7. The third-order valence-corrected chi connectivity index (χ3v) is 5.95. The number of amides is 1. The molecule has 30 heavy (non-hydrogen) atoms. The van der Waals surface area contributed by atoms with Gasteiger partial charge in [-0.1, -0.05) is 6.07 Å². The van der Waals surface area contributed by atoms with E-state index >= 15 is 0 Å². The number of imidazole rings is 1. The first kappa shape index (κ1) is 18.6. The monoisotopic (exact) mass is 405 g/mol. The van der Waals surface area contributed by atoms with E-state index in [1.807, 2.05) is 31.3 Å². The molecule has 0 bridgehead atoms. The summed E-state index contributed by atoms with van der Waals surface area (Å²) < 4.78 is 2.05. The van der Waals surface area contributed by atoms with Gasteiger partial charge in [-0.15, -0.1) is 10.2 Å². The van der Waals surface area contributed by atoms with E-state index in [1.165, 1.54) is 0 Å². The summed E-state index contributed by atoms with van der Waals surface area (Å²) >= 11 is 0. The summed E-state index contributed by atoms with van der Waals surface area (Å²) in [6.45, 7) is 3.58. The highest BCUT2D eigenvalue weighted by Crippen LogP contribution is 2.28. The molecule has 1 unspecified atom stereocenters. The fourth-order valence-corrected chi connectivity index (χ4v) is 4.21. The largest absolute Gasteiger partial charge is 0.325 e. The van der Waals surface area contributed by atoms with Crippen molar-refractivity contribution in [3.8, 4) is 0 Å². The van der Waals surface area contributed by atoms with E-state index in [4.69, 9.17) is 0 Å². The lowest BCUT2D eigenvalue weighted by Crippen LogP contribution is -2.45. The highest BCUT2D eigenvalue weighted by atomic mass is 16.2. The fraction of sp³-hybridized carbons (Fsp3) is 0.333. The molecule has 0 radical (unpaired) electrons. The van der Waals surface area contributed by atoms with Gasteiger partial charge in [0.2, 0.25) is 5.91 Å². The second-order valence-corrected chi connectivity index (χ2v) is 7.80. The Morgan fingerprint density at radius 2 is 1.93 bits per heavy atom. The standard InChI is InChI=1S/C21H23N7O2/c1-13(20(29)22-15-5-6-16-17(12-15)24-21(30)23-16)27-10-7-14(8-11-27)19-26-25-18-4-2-3-9-28(18)19/h2-6,9,12-14H,7-8,10-11H2,1H3,(H,22,29)(H2,23,24,30). The van der Waals surface area contributed by atoms with Crippen molar-refractivity contribution >= 4 is 28.3 Å². The number of anilines is 1. The van der Waals surface area contributed by atoms with Crippen LogP contribution in [0.3, 0.4) is 0 Å². The van der Waals surface area contributed by atoms with Crippen LogP contribution in [0.1, 0.15) is 31.5 Å². The van der Waals surface area contributed by atoms with Gasteiger partial charge < -0.3 is 15.3 Å². The Morgan fingerprint density at radius 1 is 1.13 bits per heavy atom. The Kier molecular flexibility index (Phi) is 4.59. The number of hydrogen-bond acceptors (Lipinski definition) is 5. The van der Waals surface area contributed by atoms with E-state index in [0.29, 0.717) is 22.6 Å². The van der Waals surface area contributed by atoms with Gasteiger partial charge in [-0.25, -0.2) is 4.79 Å². The zero-order valence-electron chi connectivity index (χ0n) is 16.6. The molecule has 0 spiro atoms. The number of carbonyl (C=O) groups is 1. The maximum atomic E-state index is 12.8. The van der Waals surface area contributed by atoms with Crippen molar-refractivity contribution < 1.29 is 4.79 Å². The van der Waals surface area contributed by atoms with Crippen molar-refractivity contribution in [2.24, 2.45) is 0 Å². The van der Waals surface area contributed by atoms with Gasteiger partial charge >= 0.3 is 5.69 Å². The normalized spacial score (nSPS) is 16.8. The van der Waals surface area contributed by atoms with Gasteiger partial charge in [-0.3, -0.25) is 14.1 Å². The molecule has 1 aliphatic rings. The number of H-pyrrole nitrogens is 2. The molecule has 154 valence electrons. The minimum Gasteiger partial charge on any atom is -0.325 e. The number of aromatic nitrogens is 5. The molecule has 4 aromatic rings. The van der Waals surface area contributed by atoms with Gasteiger partial charge in [-0.2, -0.15) is 0 Å². The van der Waals surface area contributed by atoms with Crippen LogP contribution in [-0.4, -0.2) is 54.5 Å². The molecule has 1 fully saturated rings. The Bertz CT molecular complexity index is 1260. The highest BCUT2D eigenvalue weighted by Gasteiger charge is 2.29. The van der Waals surface area contributed by atoms with Crippen molar-refractivity contribution in [3.63, 3.8) is 0 Å². The summed E-state index contributed by atoms with van der Waals surface area (Å²) in [5.74, 6) is 1.27. The molecular formula is C21H23N7O2. The van der Waals surface area contributed by atoms with E-state index in [1.54, 1.807) is 18.2 Å². The van der Waals surface area contributed by atoms with Crippen LogP contribution in [0.4, 0.5) is 5.69 Å². The Labute approximate surface area is 172 Å². The van der Waals surface area contributed by atoms with Gasteiger partial charge in [0.1, 0.15) is 5.82 Å². The van der Waals surface area contributed by atoms with E-state index < -0.39 is 0 Å².